The van der Waals surface area contributed by atoms with Crippen LogP contribution in [0, 0.1) is 5.92 Å². The van der Waals surface area contributed by atoms with E-state index in [2.05, 4.69) is 10.6 Å². The molecule has 228 valence electrons. The van der Waals surface area contributed by atoms with Gasteiger partial charge in [-0.25, -0.2) is 4.79 Å². The summed E-state index contributed by atoms with van der Waals surface area (Å²) in [6.45, 7) is 3.68. The third-order valence-corrected chi connectivity index (χ3v) is 8.90. The number of ether oxygens (including phenoxy) is 2. The molecule has 2 amide bonds. The molecule has 2 heterocycles. The van der Waals surface area contributed by atoms with E-state index in [4.69, 9.17) is 9.47 Å². The molecule has 3 aromatic carbocycles. The van der Waals surface area contributed by atoms with Crippen molar-refractivity contribution in [3.8, 4) is 0 Å². The maximum atomic E-state index is 13.9. The zero-order chi connectivity index (χ0) is 31.1. The third kappa shape index (κ3) is 7.98. The Hall–Kier alpha value is -4.34. The topological polar surface area (TPSA) is 114 Å². The summed E-state index contributed by atoms with van der Waals surface area (Å²) in [6.07, 6.45) is -0.244. The van der Waals surface area contributed by atoms with Crippen molar-refractivity contribution < 1.29 is 28.7 Å². The molecular formula is C35H36N2O6S. The van der Waals surface area contributed by atoms with Crippen molar-refractivity contribution >= 4 is 45.0 Å². The minimum absolute atomic E-state index is 0.0727. The average molecular weight is 613 g/mol. The molecule has 4 atom stereocenters. The van der Waals surface area contributed by atoms with Crippen LogP contribution < -0.4 is 10.6 Å². The Morgan fingerprint density at radius 1 is 0.886 bits per heavy atom. The first kappa shape index (κ1) is 31.1. The number of Topliss-reactive ketones (excluding diaryl/α,β-unsaturated/α-hetero) is 2. The fraction of sp³-hybridized carbons (Fsp3) is 0.314. The number of epoxide rings is 1. The molecule has 9 heteroatoms. The van der Waals surface area contributed by atoms with Crippen LogP contribution in [0.25, 0.3) is 10.1 Å². The van der Waals surface area contributed by atoms with Crippen molar-refractivity contribution in [1.82, 2.24) is 10.6 Å². The second-order valence-electron chi connectivity index (χ2n) is 11.4. The van der Waals surface area contributed by atoms with Crippen molar-refractivity contribution in [2.24, 2.45) is 5.92 Å². The number of ketones is 2. The number of fused-ring (bicyclic) bond motifs is 1. The van der Waals surface area contributed by atoms with Crippen molar-refractivity contribution in [2.75, 3.05) is 6.61 Å². The molecule has 4 aromatic rings. The number of rotatable bonds is 14. The van der Waals surface area contributed by atoms with Gasteiger partial charge in [0.05, 0.1) is 18.7 Å². The van der Waals surface area contributed by atoms with Crippen molar-refractivity contribution in [2.45, 2.75) is 57.4 Å². The van der Waals surface area contributed by atoms with Crippen LogP contribution >= 0.6 is 11.3 Å². The Morgan fingerprint density at radius 2 is 1.52 bits per heavy atom. The summed E-state index contributed by atoms with van der Waals surface area (Å²) in [6, 6.07) is 24.9. The molecule has 8 nitrogen and oxygen atoms in total. The summed E-state index contributed by atoms with van der Waals surface area (Å²) in [7, 11) is 0. The Morgan fingerprint density at radius 3 is 2.20 bits per heavy atom. The van der Waals surface area contributed by atoms with Crippen LogP contribution in [0.5, 0.6) is 0 Å². The molecule has 1 aromatic heterocycles. The Labute approximate surface area is 260 Å². The normalized spacial score (nSPS) is 17.7. The molecule has 0 spiro atoms. The standard InChI is InChI=1S/C35H36N2O6S/c1-23(36-34(41)42-20-25-13-7-4-8-14-25)30(38)19-26(18-27-21-44-31-16-10-9-15-28(27)31)33(40)37-29(32(39)35(2)22-43-35)17-24-11-5-3-6-12-24/h3-16,21,23,26,29H,17-20,22H2,1-2H3,(H,36,41)(H,37,40)/t23-,26+,29-,35+/m0/s1. The van der Waals surface area contributed by atoms with E-state index in [1.165, 1.54) is 0 Å². The zero-order valence-electron chi connectivity index (χ0n) is 24.8. The molecule has 0 unspecified atom stereocenters. The first-order valence-electron chi connectivity index (χ1n) is 14.7. The monoisotopic (exact) mass is 612 g/mol. The van der Waals surface area contributed by atoms with Crippen LogP contribution in [0.3, 0.4) is 0 Å². The number of amides is 2. The van der Waals surface area contributed by atoms with Gasteiger partial charge in [-0.3, -0.25) is 14.4 Å². The van der Waals surface area contributed by atoms with Gasteiger partial charge in [-0.15, -0.1) is 11.3 Å². The highest BCUT2D eigenvalue weighted by molar-refractivity contribution is 7.17. The fourth-order valence-corrected chi connectivity index (χ4v) is 6.10. The lowest BCUT2D eigenvalue weighted by Crippen LogP contribution is -2.50. The summed E-state index contributed by atoms with van der Waals surface area (Å²) in [5.41, 5.74) is 1.75. The molecule has 0 bridgehead atoms. The molecule has 0 radical (unpaired) electrons. The van der Waals surface area contributed by atoms with E-state index in [0.29, 0.717) is 19.4 Å². The Balaban J connectivity index is 1.31. The molecule has 5 rings (SSSR count). The maximum Gasteiger partial charge on any atom is 0.408 e. The SMILES string of the molecule is C[C@H](NC(=O)OCc1ccccc1)C(=O)C[C@@H](Cc1csc2ccccc12)C(=O)N[C@@H](Cc1ccccc1)C(=O)[C@@]1(C)CO1. The van der Waals surface area contributed by atoms with E-state index in [0.717, 1.165) is 26.8 Å². The molecule has 1 aliphatic rings. The first-order chi connectivity index (χ1) is 21.2. The number of hydrogen-bond donors (Lipinski definition) is 2. The molecule has 1 saturated heterocycles. The van der Waals surface area contributed by atoms with Gasteiger partial charge in [0.15, 0.2) is 11.6 Å². The van der Waals surface area contributed by atoms with Gasteiger partial charge in [-0.2, -0.15) is 0 Å². The molecular weight excluding hydrogens is 576 g/mol. The summed E-state index contributed by atoms with van der Waals surface area (Å²) in [4.78, 5) is 53.2. The number of carbonyl (C=O) groups is 4. The third-order valence-electron chi connectivity index (χ3n) is 7.89. The van der Waals surface area contributed by atoms with Gasteiger partial charge in [0, 0.05) is 17.0 Å². The average Bonchev–Trinajstić information content (AvgIpc) is 3.67. The van der Waals surface area contributed by atoms with E-state index in [1.54, 1.807) is 25.2 Å². The predicted octanol–water partition coefficient (Wildman–Crippen LogP) is 5.42. The molecule has 1 aliphatic heterocycles. The van der Waals surface area contributed by atoms with E-state index in [9.17, 15) is 19.2 Å². The van der Waals surface area contributed by atoms with E-state index in [1.807, 2.05) is 90.3 Å². The smallest absolute Gasteiger partial charge is 0.408 e. The van der Waals surface area contributed by atoms with Gasteiger partial charge in [0.25, 0.3) is 0 Å². The van der Waals surface area contributed by atoms with E-state index in [-0.39, 0.29) is 24.6 Å². The molecule has 2 N–H and O–H groups in total. The van der Waals surface area contributed by atoms with E-state index < -0.39 is 35.6 Å². The van der Waals surface area contributed by atoms with Gasteiger partial charge < -0.3 is 20.1 Å². The van der Waals surface area contributed by atoms with Crippen molar-refractivity contribution in [1.29, 1.82) is 0 Å². The number of thiophene rings is 1. The maximum absolute atomic E-state index is 13.9. The van der Waals surface area contributed by atoms with Gasteiger partial charge in [0.2, 0.25) is 5.91 Å². The van der Waals surface area contributed by atoms with Crippen LogP contribution in [-0.2, 0) is 43.3 Å². The number of benzene rings is 3. The van der Waals surface area contributed by atoms with Crippen LogP contribution in [0.2, 0.25) is 0 Å². The second kappa shape index (κ2) is 14.0. The van der Waals surface area contributed by atoms with E-state index >= 15 is 0 Å². The minimum Gasteiger partial charge on any atom is -0.445 e. The molecule has 0 saturated carbocycles. The number of alkyl carbamates (subject to hydrolysis) is 1. The van der Waals surface area contributed by atoms with Crippen LogP contribution in [0.15, 0.2) is 90.3 Å². The van der Waals surface area contributed by atoms with Crippen LogP contribution in [0.1, 0.15) is 37.0 Å². The van der Waals surface area contributed by atoms with Gasteiger partial charge in [-0.1, -0.05) is 78.9 Å². The molecule has 1 fully saturated rings. The number of nitrogens with one attached hydrogen (secondary N) is 2. The largest absolute Gasteiger partial charge is 0.445 e. The lowest BCUT2D eigenvalue weighted by Gasteiger charge is -2.24. The quantitative estimate of drug-likeness (QED) is 0.184. The summed E-state index contributed by atoms with van der Waals surface area (Å²) in [5.74, 6) is -1.68. The Kier molecular flexibility index (Phi) is 9.87. The predicted molar refractivity (Wildman–Crippen MR) is 169 cm³/mol. The van der Waals surface area contributed by atoms with Gasteiger partial charge >= 0.3 is 6.09 Å². The summed E-state index contributed by atoms with van der Waals surface area (Å²) in [5, 5.41) is 8.58. The summed E-state index contributed by atoms with van der Waals surface area (Å²) >= 11 is 1.58. The van der Waals surface area contributed by atoms with Crippen molar-refractivity contribution in [3.05, 3.63) is 107 Å². The highest BCUT2D eigenvalue weighted by atomic mass is 32.1. The fourth-order valence-electron chi connectivity index (χ4n) is 5.12. The molecule has 44 heavy (non-hydrogen) atoms. The summed E-state index contributed by atoms with van der Waals surface area (Å²) < 4.78 is 11.8. The lowest BCUT2D eigenvalue weighted by atomic mass is 9.89. The minimum atomic E-state index is -0.930. The van der Waals surface area contributed by atoms with Crippen LogP contribution in [-0.4, -0.2) is 47.9 Å². The highest BCUT2D eigenvalue weighted by Crippen LogP contribution is 2.31. The number of carbonyl (C=O) groups excluding carboxylic acids is 4. The first-order valence-corrected chi connectivity index (χ1v) is 15.6. The highest BCUT2D eigenvalue weighted by Gasteiger charge is 2.50. The van der Waals surface area contributed by atoms with Gasteiger partial charge in [-0.05, 0) is 60.2 Å². The number of hydrogen-bond acceptors (Lipinski definition) is 7. The van der Waals surface area contributed by atoms with Gasteiger partial charge in [0.1, 0.15) is 12.2 Å². The second-order valence-corrected chi connectivity index (χ2v) is 12.3. The lowest BCUT2D eigenvalue weighted by molar-refractivity contribution is -0.134. The van der Waals surface area contributed by atoms with Crippen molar-refractivity contribution in [3.63, 3.8) is 0 Å². The van der Waals surface area contributed by atoms with Crippen LogP contribution in [0.4, 0.5) is 4.79 Å². The Bertz CT molecular complexity index is 1620. The molecule has 0 aliphatic carbocycles. The zero-order valence-corrected chi connectivity index (χ0v) is 25.6.